The number of hydrogen-bond acceptors (Lipinski definition) is 3. The summed E-state index contributed by atoms with van der Waals surface area (Å²) in [5.41, 5.74) is 1.79. The van der Waals surface area contributed by atoms with Crippen LogP contribution in [0.2, 0.25) is 0 Å². The van der Waals surface area contributed by atoms with Gasteiger partial charge in [-0.15, -0.1) is 0 Å². The van der Waals surface area contributed by atoms with Crippen LogP contribution in [-0.4, -0.2) is 28.8 Å². The van der Waals surface area contributed by atoms with Crippen LogP contribution in [0.5, 0.6) is 0 Å². The Balaban J connectivity index is 2.12. The second-order valence-corrected chi connectivity index (χ2v) is 4.61. The van der Waals surface area contributed by atoms with Crippen LogP contribution >= 0.6 is 0 Å². The largest absolute Gasteiger partial charge is 0.389 e. The van der Waals surface area contributed by atoms with Gasteiger partial charge in [0.2, 0.25) is 0 Å². The van der Waals surface area contributed by atoms with Crippen LogP contribution in [0.15, 0.2) is 18.3 Å². The number of aliphatic hydroxyl groups is 1. The summed E-state index contributed by atoms with van der Waals surface area (Å²) in [7, 11) is 0. The van der Waals surface area contributed by atoms with Gasteiger partial charge < -0.3 is 10.4 Å². The Morgan fingerprint density at radius 2 is 2.19 bits per heavy atom. The molecular weight excluding hydrogens is 200 g/mol. The minimum atomic E-state index is -0.530. The number of hydrogen-bond donors (Lipinski definition) is 2. The van der Waals surface area contributed by atoms with Crippen LogP contribution in [0.3, 0.4) is 0 Å². The van der Waals surface area contributed by atoms with Gasteiger partial charge in [0.15, 0.2) is 0 Å². The molecule has 1 aliphatic heterocycles. The highest BCUT2D eigenvalue weighted by atomic mass is 16.3. The lowest BCUT2D eigenvalue weighted by atomic mass is 9.85. The van der Waals surface area contributed by atoms with Gasteiger partial charge in [-0.1, -0.05) is 13.0 Å². The molecule has 0 spiro atoms. The molecule has 2 N–H and O–H groups in total. The summed E-state index contributed by atoms with van der Waals surface area (Å²) >= 11 is 0. The molecule has 0 amide bonds. The first-order chi connectivity index (χ1) is 7.73. The minimum Gasteiger partial charge on any atom is -0.389 e. The molecule has 0 aliphatic carbocycles. The van der Waals surface area contributed by atoms with Crippen molar-refractivity contribution in [1.82, 2.24) is 10.3 Å². The van der Waals surface area contributed by atoms with Crippen LogP contribution < -0.4 is 5.32 Å². The van der Waals surface area contributed by atoms with Crippen molar-refractivity contribution in [2.24, 2.45) is 0 Å². The summed E-state index contributed by atoms with van der Waals surface area (Å²) in [6, 6.07) is 4.05. The van der Waals surface area contributed by atoms with E-state index in [2.05, 4.69) is 23.3 Å². The quantitative estimate of drug-likeness (QED) is 0.807. The normalized spacial score (nSPS) is 19.6. The molecule has 0 bridgehead atoms. The van der Waals surface area contributed by atoms with Gasteiger partial charge in [-0.05, 0) is 44.0 Å². The van der Waals surface area contributed by atoms with E-state index < -0.39 is 5.60 Å². The molecule has 0 aromatic carbocycles. The predicted molar refractivity (Wildman–Crippen MR) is 64.4 cm³/mol. The van der Waals surface area contributed by atoms with Gasteiger partial charge in [0.1, 0.15) is 0 Å². The van der Waals surface area contributed by atoms with Crippen LogP contribution in [0, 0.1) is 0 Å². The summed E-state index contributed by atoms with van der Waals surface area (Å²) in [4.78, 5) is 4.37. The van der Waals surface area contributed by atoms with Crippen molar-refractivity contribution >= 4 is 0 Å². The van der Waals surface area contributed by atoms with Crippen LogP contribution in [0.25, 0.3) is 0 Å². The maximum atomic E-state index is 10.5. The fraction of sp³-hybridized carbons (Fsp3) is 0.615. The van der Waals surface area contributed by atoms with E-state index >= 15 is 0 Å². The van der Waals surface area contributed by atoms with Crippen molar-refractivity contribution in [3.63, 3.8) is 0 Å². The Morgan fingerprint density at radius 1 is 1.44 bits per heavy atom. The number of nitrogens with zero attached hydrogens (tertiary/aromatic N) is 1. The van der Waals surface area contributed by atoms with Gasteiger partial charge in [-0.3, -0.25) is 4.98 Å². The molecule has 88 valence electrons. The van der Waals surface area contributed by atoms with E-state index in [0.29, 0.717) is 0 Å². The summed E-state index contributed by atoms with van der Waals surface area (Å²) < 4.78 is 0. The first-order valence-electron chi connectivity index (χ1n) is 6.09. The molecule has 16 heavy (non-hydrogen) atoms. The molecule has 3 heteroatoms. The van der Waals surface area contributed by atoms with Crippen molar-refractivity contribution in [1.29, 1.82) is 0 Å². The van der Waals surface area contributed by atoms with Crippen molar-refractivity contribution in [3.8, 4) is 0 Å². The third kappa shape index (κ3) is 2.60. The highest BCUT2D eigenvalue weighted by molar-refractivity contribution is 5.22. The molecule has 1 aromatic rings. The number of nitrogens with one attached hydrogen (secondary N) is 1. The lowest BCUT2D eigenvalue weighted by molar-refractivity contribution is 0.0106. The minimum absolute atomic E-state index is 0.530. The highest BCUT2D eigenvalue weighted by Crippen LogP contribution is 2.24. The Bertz CT molecular complexity index is 346. The fourth-order valence-electron chi connectivity index (χ4n) is 2.37. The summed E-state index contributed by atoms with van der Waals surface area (Å²) in [5, 5.41) is 13.8. The monoisotopic (exact) mass is 220 g/mol. The smallest absolute Gasteiger partial charge is 0.0712 e. The van der Waals surface area contributed by atoms with Gasteiger partial charge in [0.05, 0.1) is 5.60 Å². The summed E-state index contributed by atoms with van der Waals surface area (Å²) in [5.74, 6) is 0. The van der Waals surface area contributed by atoms with E-state index in [9.17, 15) is 5.11 Å². The van der Waals surface area contributed by atoms with Crippen molar-refractivity contribution in [2.45, 2.75) is 38.2 Å². The Labute approximate surface area is 96.9 Å². The SMILES string of the molecule is CCc1ncccc1CC1(O)CCNCC1. The van der Waals surface area contributed by atoms with Gasteiger partial charge in [-0.2, -0.15) is 0 Å². The van der Waals surface area contributed by atoms with E-state index in [1.165, 1.54) is 5.56 Å². The second-order valence-electron chi connectivity index (χ2n) is 4.61. The number of pyridine rings is 1. The van der Waals surface area contributed by atoms with Gasteiger partial charge >= 0.3 is 0 Å². The summed E-state index contributed by atoms with van der Waals surface area (Å²) in [6.45, 7) is 3.94. The van der Waals surface area contributed by atoms with E-state index in [1.54, 1.807) is 0 Å². The average Bonchev–Trinajstić information content (AvgIpc) is 2.30. The zero-order valence-electron chi connectivity index (χ0n) is 9.87. The summed E-state index contributed by atoms with van der Waals surface area (Å²) in [6.07, 6.45) is 5.18. The van der Waals surface area contributed by atoms with Gasteiger partial charge in [0.25, 0.3) is 0 Å². The van der Waals surface area contributed by atoms with Gasteiger partial charge in [-0.25, -0.2) is 0 Å². The molecule has 1 fully saturated rings. The van der Waals surface area contributed by atoms with E-state index in [1.807, 2.05) is 12.3 Å². The van der Waals surface area contributed by atoms with Crippen molar-refractivity contribution < 1.29 is 5.11 Å². The fourth-order valence-corrected chi connectivity index (χ4v) is 2.37. The standard InChI is InChI=1S/C13H20N2O/c1-2-12-11(4-3-7-15-12)10-13(16)5-8-14-9-6-13/h3-4,7,14,16H,2,5-6,8-10H2,1H3. The number of aryl methyl sites for hydroxylation is 1. The maximum absolute atomic E-state index is 10.5. The third-order valence-corrected chi connectivity index (χ3v) is 3.37. The molecule has 1 aromatic heterocycles. The number of piperidine rings is 1. The topological polar surface area (TPSA) is 45.2 Å². The van der Waals surface area contributed by atoms with Crippen molar-refractivity contribution in [2.75, 3.05) is 13.1 Å². The number of rotatable bonds is 3. The molecule has 2 rings (SSSR count). The molecule has 0 atom stereocenters. The van der Waals surface area contributed by atoms with E-state index in [-0.39, 0.29) is 0 Å². The first kappa shape index (κ1) is 11.6. The predicted octanol–water partition coefficient (Wildman–Crippen LogP) is 1.30. The Morgan fingerprint density at radius 3 is 2.88 bits per heavy atom. The molecule has 1 aliphatic rings. The Kier molecular flexibility index (Phi) is 3.56. The third-order valence-electron chi connectivity index (χ3n) is 3.37. The maximum Gasteiger partial charge on any atom is 0.0712 e. The zero-order valence-corrected chi connectivity index (χ0v) is 9.87. The molecule has 0 unspecified atom stereocenters. The second kappa shape index (κ2) is 4.93. The van der Waals surface area contributed by atoms with Crippen LogP contribution in [0.4, 0.5) is 0 Å². The first-order valence-corrected chi connectivity index (χ1v) is 6.09. The van der Waals surface area contributed by atoms with E-state index in [0.717, 1.165) is 44.5 Å². The van der Waals surface area contributed by atoms with Gasteiger partial charge in [0, 0.05) is 18.3 Å². The van der Waals surface area contributed by atoms with E-state index in [4.69, 9.17) is 0 Å². The molecule has 1 saturated heterocycles. The molecular formula is C13H20N2O. The number of aromatic nitrogens is 1. The lowest BCUT2D eigenvalue weighted by Gasteiger charge is -2.33. The lowest BCUT2D eigenvalue weighted by Crippen LogP contribution is -2.43. The Hall–Kier alpha value is -0.930. The highest BCUT2D eigenvalue weighted by Gasteiger charge is 2.29. The molecule has 2 heterocycles. The molecule has 3 nitrogen and oxygen atoms in total. The average molecular weight is 220 g/mol. The molecule has 0 saturated carbocycles. The molecule has 0 radical (unpaired) electrons. The van der Waals surface area contributed by atoms with Crippen molar-refractivity contribution in [3.05, 3.63) is 29.6 Å². The van der Waals surface area contributed by atoms with Crippen LogP contribution in [-0.2, 0) is 12.8 Å². The zero-order chi connectivity index (χ0) is 11.4. The van der Waals surface area contributed by atoms with Crippen LogP contribution in [0.1, 0.15) is 31.0 Å².